The summed E-state index contributed by atoms with van der Waals surface area (Å²) in [7, 11) is 0. The van der Waals surface area contributed by atoms with E-state index in [4.69, 9.17) is 19.4 Å². The van der Waals surface area contributed by atoms with Crippen LogP contribution in [0.15, 0.2) is 168 Å². The highest BCUT2D eigenvalue weighted by molar-refractivity contribution is 6.17. The van der Waals surface area contributed by atoms with E-state index in [1.165, 1.54) is 11.1 Å². The zero-order valence-corrected chi connectivity index (χ0v) is 25.3. The van der Waals surface area contributed by atoms with Crippen molar-refractivity contribution in [2.45, 2.75) is 0 Å². The van der Waals surface area contributed by atoms with Gasteiger partial charge in [-0.25, -0.2) is 15.0 Å². The van der Waals surface area contributed by atoms with Crippen LogP contribution in [0, 0.1) is 0 Å². The molecule has 0 saturated carbocycles. The molecule has 0 bridgehead atoms. The topological polar surface area (TPSA) is 51.8 Å². The molecule has 4 heteroatoms. The van der Waals surface area contributed by atoms with Gasteiger partial charge in [-0.3, -0.25) is 0 Å². The lowest BCUT2D eigenvalue weighted by Crippen LogP contribution is -2.00. The summed E-state index contributed by atoms with van der Waals surface area (Å²) >= 11 is 0. The lowest BCUT2D eigenvalue weighted by atomic mass is 9.95. The number of benzene rings is 7. The first-order chi connectivity index (χ1) is 23.3. The second-order valence-corrected chi connectivity index (χ2v) is 11.6. The Hall–Kier alpha value is -6.39. The highest BCUT2D eigenvalue weighted by Crippen LogP contribution is 2.42. The van der Waals surface area contributed by atoms with E-state index in [-0.39, 0.29) is 0 Å². The van der Waals surface area contributed by atoms with Gasteiger partial charge in [-0.1, -0.05) is 152 Å². The van der Waals surface area contributed by atoms with Gasteiger partial charge in [0.25, 0.3) is 0 Å². The number of rotatable bonds is 5. The van der Waals surface area contributed by atoms with Crippen LogP contribution in [0.1, 0.15) is 0 Å². The Morgan fingerprint density at radius 2 is 0.809 bits per heavy atom. The minimum atomic E-state index is 0.601. The molecule has 4 nitrogen and oxygen atoms in total. The maximum atomic E-state index is 6.49. The minimum Gasteiger partial charge on any atom is -0.456 e. The second kappa shape index (κ2) is 11.2. The Morgan fingerprint density at radius 3 is 1.55 bits per heavy atom. The van der Waals surface area contributed by atoms with Crippen LogP contribution in [-0.4, -0.2) is 15.0 Å². The molecule has 2 heterocycles. The average molecular weight is 602 g/mol. The molecule has 0 amide bonds. The van der Waals surface area contributed by atoms with Crippen LogP contribution in [0.3, 0.4) is 0 Å². The molecule has 0 radical (unpaired) electrons. The van der Waals surface area contributed by atoms with Crippen molar-refractivity contribution in [3.63, 3.8) is 0 Å². The molecule has 0 aliphatic carbocycles. The van der Waals surface area contributed by atoms with E-state index in [0.717, 1.165) is 60.5 Å². The van der Waals surface area contributed by atoms with Crippen LogP contribution in [-0.2, 0) is 0 Å². The molecule has 0 spiro atoms. The molecule has 2 aromatic heterocycles. The molecular weight excluding hydrogens is 574 g/mol. The van der Waals surface area contributed by atoms with Gasteiger partial charge in [0.15, 0.2) is 17.5 Å². The zero-order valence-electron chi connectivity index (χ0n) is 25.3. The first kappa shape index (κ1) is 27.0. The van der Waals surface area contributed by atoms with Crippen molar-refractivity contribution in [2.24, 2.45) is 0 Å². The van der Waals surface area contributed by atoms with E-state index in [0.29, 0.717) is 17.5 Å². The largest absolute Gasteiger partial charge is 0.456 e. The maximum absolute atomic E-state index is 6.49. The molecule has 0 aliphatic heterocycles. The maximum Gasteiger partial charge on any atom is 0.164 e. The minimum absolute atomic E-state index is 0.601. The normalized spacial score (nSPS) is 11.4. The predicted molar refractivity (Wildman–Crippen MR) is 192 cm³/mol. The Morgan fingerprint density at radius 1 is 0.319 bits per heavy atom. The summed E-state index contributed by atoms with van der Waals surface area (Å²) in [5.74, 6) is 1.86. The second-order valence-electron chi connectivity index (χ2n) is 11.6. The molecule has 0 atom stereocenters. The Kier molecular flexibility index (Phi) is 6.43. The smallest absolute Gasteiger partial charge is 0.164 e. The van der Waals surface area contributed by atoms with E-state index in [2.05, 4.69) is 109 Å². The van der Waals surface area contributed by atoms with Gasteiger partial charge < -0.3 is 4.42 Å². The van der Waals surface area contributed by atoms with Crippen LogP contribution in [0.25, 0.3) is 89.1 Å². The van der Waals surface area contributed by atoms with Crippen LogP contribution < -0.4 is 0 Å². The van der Waals surface area contributed by atoms with Gasteiger partial charge in [-0.05, 0) is 45.2 Å². The third-order valence-electron chi connectivity index (χ3n) is 8.76. The lowest BCUT2D eigenvalue weighted by Gasteiger charge is -2.11. The molecule has 9 rings (SSSR count). The Bertz CT molecular complexity index is 2550. The molecule has 0 N–H and O–H groups in total. The fourth-order valence-electron chi connectivity index (χ4n) is 6.52. The summed E-state index contributed by atoms with van der Waals surface area (Å²) in [6.45, 7) is 0. The summed E-state index contributed by atoms with van der Waals surface area (Å²) in [5, 5.41) is 4.26. The Balaban J connectivity index is 1.28. The van der Waals surface area contributed by atoms with Gasteiger partial charge in [-0.15, -0.1) is 0 Å². The molecule has 0 saturated heterocycles. The average Bonchev–Trinajstić information content (AvgIpc) is 3.54. The standard InChI is InChI=1S/C43H27N3O/c1-3-12-28(13-4-1)29-24-26-31(27-25-29)34-19-10-22-37-39(34)40-36(21-11-23-38(40)47-37)43-45-41(32-15-5-2-6-16-32)44-42(46-43)35-20-9-17-30-14-7-8-18-33(30)35/h1-27H. The van der Waals surface area contributed by atoms with Crippen molar-refractivity contribution in [1.82, 2.24) is 15.0 Å². The van der Waals surface area contributed by atoms with E-state index >= 15 is 0 Å². The van der Waals surface area contributed by atoms with Gasteiger partial charge in [-0.2, -0.15) is 0 Å². The molecule has 9 aromatic rings. The van der Waals surface area contributed by atoms with Gasteiger partial charge in [0.05, 0.1) is 0 Å². The molecule has 0 aliphatic rings. The van der Waals surface area contributed by atoms with E-state index in [1.807, 2.05) is 54.6 Å². The van der Waals surface area contributed by atoms with Gasteiger partial charge >= 0.3 is 0 Å². The van der Waals surface area contributed by atoms with Crippen molar-refractivity contribution < 1.29 is 4.42 Å². The molecule has 0 unspecified atom stereocenters. The highest BCUT2D eigenvalue weighted by atomic mass is 16.3. The van der Waals surface area contributed by atoms with Crippen molar-refractivity contribution >= 4 is 32.7 Å². The van der Waals surface area contributed by atoms with Crippen LogP contribution in [0.2, 0.25) is 0 Å². The highest BCUT2D eigenvalue weighted by Gasteiger charge is 2.20. The van der Waals surface area contributed by atoms with Gasteiger partial charge in [0, 0.05) is 27.5 Å². The van der Waals surface area contributed by atoms with Crippen LogP contribution >= 0.6 is 0 Å². The van der Waals surface area contributed by atoms with Gasteiger partial charge in [0.2, 0.25) is 0 Å². The summed E-state index contributed by atoms with van der Waals surface area (Å²) in [6.07, 6.45) is 0. The van der Waals surface area contributed by atoms with Crippen LogP contribution in [0.5, 0.6) is 0 Å². The fourth-order valence-corrected chi connectivity index (χ4v) is 6.52. The number of fused-ring (bicyclic) bond motifs is 4. The first-order valence-electron chi connectivity index (χ1n) is 15.7. The van der Waals surface area contributed by atoms with Crippen molar-refractivity contribution in [1.29, 1.82) is 0 Å². The van der Waals surface area contributed by atoms with E-state index < -0.39 is 0 Å². The van der Waals surface area contributed by atoms with Gasteiger partial charge in [0.1, 0.15) is 11.2 Å². The molecule has 7 aromatic carbocycles. The molecule has 220 valence electrons. The molecular formula is C43H27N3O. The quantitative estimate of drug-likeness (QED) is 0.197. The van der Waals surface area contributed by atoms with E-state index in [9.17, 15) is 0 Å². The van der Waals surface area contributed by atoms with Crippen molar-refractivity contribution in [3.8, 4) is 56.4 Å². The SMILES string of the molecule is c1ccc(-c2ccc(-c3cccc4oc5cccc(-c6nc(-c7ccccc7)nc(-c7cccc8ccccc78)n6)c5c34)cc2)cc1. The predicted octanol–water partition coefficient (Wildman–Crippen LogP) is 11.3. The summed E-state index contributed by atoms with van der Waals surface area (Å²) in [4.78, 5) is 15.3. The molecule has 47 heavy (non-hydrogen) atoms. The fraction of sp³-hybridized carbons (Fsp3) is 0. The monoisotopic (exact) mass is 601 g/mol. The third-order valence-corrected chi connectivity index (χ3v) is 8.76. The molecule has 0 fully saturated rings. The third kappa shape index (κ3) is 4.75. The summed E-state index contributed by atoms with van der Waals surface area (Å²) < 4.78 is 6.49. The number of hydrogen-bond acceptors (Lipinski definition) is 4. The Labute approximate surface area is 271 Å². The van der Waals surface area contributed by atoms with Crippen LogP contribution in [0.4, 0.5) is 0 Å². The van der Waals surface area contributed by atoms with Crippen molar-refractivity contribution in [2.75, 3.05) is 0 Å². The summed E-state index contributed by atoms with van der Waals surface area (Å²) in [5.41, 5.74) is 9.00. The first-order valence-corrected chi connectivity index (χ1v) is 15.7. The zero-order chi connectivity index (χ0) is 31.2. The number of nitrogens with zero attached hydrogens (tertiary/aromatic N) is 3. The lowest BCUT2D eigenvalue weighted by molar-refractivity contribution is 0.669. The summed E-state index contributed by atoms with van der Waals surface area (Å²) in [6, 6.07) is 56.3. The van der Waals surface area contributed by atoms with E-state index in [1.54, 1.807) is 0 Å². The van der Waals surface area contributed by atoms with Crippen molar-refractivity contribution in [3.05, 3.63) is 164 Å². The number of aromatic nitrogens is 3. The number of hydrogen-bond donors (Lipinski definition) is 0. The number of furan rings is 1.